The number of nitrogen functional groups attached to an aromatic ring is 1. The van der Waals surface area contributed by atoms with Gasteiger partial charge in [-0.25, -0.2) is 9.97 Å². The molecule has 1 aliphatic heterocycles. The van der Waals surface area contributed by atoms with Crippen LogP contribution in [0.3, 0.4) is 0 Å². The van der Waals surface area contributed by atoms with Gasteiger partial charge in [0.05, 0.1) is 5.69 Å². The van der Waals surface area contributed by atoms with Crippen LogP contribution in [-0.2, 0) is 19.5 Å². The fourth-order valence-corrected chi connectivity index (χ4v) is 3.21. The second-order valence-electron chi connectivity index (χ2n) is 6.56. The summed E-state index contributed by atoms with van der Waals surface area (Å²) in [6, 6.07) is 12.3. The molecule has 4 N–H and O–H groups in total. The van der Waals surface area contributed by atoms with Crippen molar-refractivity contribution in [1.82, 2.24) is 14.9 Å². The first-order chi connectivity index (χ1) is 12.6. The van der Waals surface area contributed by atoms with Crippen molar-refractivity contribution in [3.63, 3.8) is 0 Å². The van der Waals surface area contributed by atoms with Gasteiger partial charge >= 0.3 is 0 Å². The molecule has 6 heteroatoms. The van der Waals surface area contributed by atoms with Crippen LogP contribution in [0, 0.1) is 0 Å². The smallest absolute Gasteiger partial charge is 0.159 e. The van der Waals surface area contributed by atoms with E-state index in [0.717, 1.165) is 47.6 Å². The van der Waals surface area contributed by atoms with Gasteiger partial charge in [-0.05, 0) is 30.3 Å². The van der Waals surface area contributed by atoms with E-state index in [4.69, 9.17) is 10.7 Å². The number of hydrogen-bond donors (Lipinski definition) is 3. The Morgan fingerprint density at radius 1 is 1.08 bits per heavy atom. The predicted octanol–water partition coefficient (Wildman–Crippen LogP) is 2.70. The highest BCUT2D eigenvalue weighted by Crippen LogP contribution is 2.27. The Hall–Kier alpha value is -3.12. The van der Waals surface area contributed by atoms with Gasteiger partial charge in [-0.1, -0.05) is 6.07 Å². The van der Waals surface area contributed by atoms with Crippen molar-refractivity contribution in [2.75, 3.05) is 12.3 Å². The number of nitrogens with two attached hydrogens (primary N) is 1. The molecule has 4 rings (SSSR count). The molecular weight excluding hydrogens is 328 g/mol. The van der Waals surface area contributed by atoms with Crippen LogP contribution in [0.4, 0.5) is 5.69 Å². The van der Waals surface area contributed by atoms with Gasteiger partial charge in [-0.3, -0.25) is 4.90 Å². The number of rotatable bonds is 3. The Bertz CT molecular complexity index is 941. The number of fused-ring (bicyclic) bond motifs is 1. The zero-order valence-electron chi connectivity index (χ0n) is 14.3. The minimum Gasteiger partial charge on any atom is -0.508 e. The Labute approximate surface area is 151 Å². The van der Waals surface area contributed by atoms with E-state index in [1.807, 2.05) is 30.5 Å². The second kappa shape index (κ2) is 6.65. The fraction of sp³-hybridized carbons (Fsp3) is 0.200. The topological polar surface area (TPSA) is 95.5 Å². The zero-order valence-corrected chi connectivity index (χ0v) is 14.3. The average molecular weight is 348 g/mol. The minimum atomic E-state index is 0.0684. The summed E-state index contributed by atoms with van der Waals surface area (Å²) in [4.78, 5) is 11.5. The van der Waals surface area contributed by atoms with E-state index in [0.29, 0.717) is 12.4 Å². The SMILES string of the molecule is Nc1ccc(-c2ncc3c(n2)CCN(Cc2ccc(O)cc2O)C3)cc1. The summed E-state index contributed by atoms with van der Waals surface area (Å²) < 4.78 is 0. The highest BCUT2D eigenvalue weighted by atomic mass is 16.3. The summed E-state index contributed by atoms with van der Waals surface area (Å²) in [5, 5.41) is 19.4. The highest BCUT2D eigenvalue weighted by Gasteiger charge is 2.20. The molecule has 0 atom stereocenters. The van der Waals surface area contributed by atoms with Gasteiger partial charge in [0.2, 0.25) is 0 Å². The average Bonchev–Trinajstić information content (AvgIpc) is 2.64. The summed E-state index contributed by atoms with van der Waals surface area (Å²) in [5.74, 6) is 0.901. The Balaban J connectivity index is 1.51. The molecule has 132 valence electrons. The van der Waals surface area contributed by atoms with E-state index < -0.39 is 0 Å². The van der Waals surface area contributed by atoms with Crippen LogP contribution in [0.5, 0.6) is 11.5 Å². The van der Waals surface area contributed by atoms with Crippen molar-refractivity contribution < 1.29 is 10.2 Å². The lowest BCUT2D eigenvalue weighted by Crippen LogP contribution is -2.31. The lowest BCUT2D eigenvalue weighted by Gasteiger charge is -2.28. The summed E-state index contributed by atoms with van der Waals surface area (Å²) in [7, 11) is 0. The molecule has 3 aromatic rings. The van der Waals surface area contributed by atoms with Crippen LogP contribution in [0.1, 0.15) is 16.8 Å². The summed E-state index contributed by atoms with van der Waals surface area (Å²) in [5.41, 5.74) is 10.4. The van der Waals surface area contributed by atoms with Crippen LogP contribution >= 0.6 is 0 Å². The molecular formula is C20H20N4O2. The molecule has 0 saturated carbocycles. The van der Waals surface area contributed by atoms with Gasteiger partial charge in [-0.15, -0.1) is 0 Å². The highest BCUT2D eigenvalue weighted by molar-refractivity contribution is 5.58. The molecule has 0 saturated heterocycles. The predicted molar refractivity (Wildman–Crippen MR) is 99.5 cm³/mol. The molecule has 0 fully saturated rings. The molecule has 2 aromatic carbocycles. The number of aromatic hydroxyl groups is 2. The largest absolute Gasteiger partial charge is 0.508 e. The van der Waals surface area contributed by atoms with Gasteiger partial charge in [-0.2, -0.15) is 0 Å². The van der Waals surface area contributed by atoms with Crippen molar-refractivity contribution in [1.29, 1.82) is 0 Å². The quantitative estimate of drug-likeness (QED) is 0.630. The van der Waals surface area contributed by atoms with E-state index in [1.54, 1.807) is 12.1 Å². The zero-order chi connectivity index (χ0) is 18.1. The maximum absolute atomic E-state index is 9.98. The lowest BCUT2D eigenvalue weighted by atomic mass is 10.1. The number of aromatic nitrogens is 2. The maximum Gasteiger partial charge on any atom is 0.159 e. The number of phenolic OH excluding ortho intramolecular Hbond substituents is 2. The Morgan fingerprint density at radius 3 is 2.65 bits per heavy atom. The first kappa shape index (κ1) is 16.4. The number of hydrogen-bond acceptors (Lipinski definition) is 6. The molecule has 2 heterocycles. The molecule has 1 aliphatic rings. The lowest BCUT2D eigenvalue weighted by molar-refractivity contribution is 0.239. The van der Waals surface area contributed by atoms with Gasteiger partial charge in [0, 0.05) is 60.7 Å². The molecule has 26 heavy (non-hydrogen) atoms. The molecule has 0 spiro atoms. The van der Waals surface area contributed by atoms with Crippen LogP contribution in [0.25, 0.3) is 11.4 Å². The van der Waals surface area contributed by atoms with Crippen LogP contribution in [0.2, 0.25) is 0 Å². The molecule has 6 nitrogen and oxygen atoms in total. The van der Waals surface area contributed by atoms with Crippen LogP contribution < -0.4 is 5.73 Å². The van der Waals surface area contributed by atoms with Crippen molar-refractivity contribution in [2.45, 2.75) is 19.5 Å². The standard InChI is InChI=1S/C20H20N4O2/c21-16-4-1-13(2-5-16)20-22-10-15-12-24(8-7-18(15)23-20)11-14-3-6-17(25)9-19(14)26/h1-6,9-10,25-26H,7-8,11-12,21H2. The first-order valence-corrected chi connectivity index (χ1v) is 8.52. The summed E-state index contributed by atoms with van der Waals surface area (Å²) in [6.45, 7) is 2.20. The molecule has 0 amide bonds. The second-order valence-corrected chi connectivity index (χ2v) is 6.56. The summed E-state index contributed by atoms with van der Waals surface area (Å²) in [6.07, 6.45) is 2.72. The third kappa shape index (κ3) is 3.32. The third-order valence-corrected chi connectivity index (χ3v) is 4.64. The third-order valence-electron chi connectivity index (χ3n) is 4.64. The molecule has 0 unspecified atom stereocenters. The monoisotopic (exact) mass is 348 g/mol. The van der Waals surface area contributed by atoms with E-state index in [1.165, 1.54) is 6.07 Å². The first-order valence-electron chi connectivity index (χ1n) is 8.52. The minimum absolute atomic E-state index is 0.0684. The number of anilines is 1. The summed E-state index contributed by atoms with van der Waals surface area (Å²) >= 11 is 0. The van der Waals surface area contributed by atoms with Gasteiger partial charge < -0.3 is 15.9 Å². The number of benzene rings is 2. The van der Waals surface area contributed by atoms with Crippen LogP contribution in [-0.4, -0.2) is 31.6 Å². The van der Waals surface area contributed by atoms with Gasteiger partial charge in [0.15, 0.2) is 5.82 Å². The van der Waals surface area contributed by atoms with E-state index in [2.05, 4.69) is 9.88 Å². The number of phenols is 2. The maximum atomic E-state index is 9.98. The Morgan fingerprint density at radius 2 is 1.88 bits per heavy atom. The molecule has 0 aliphatic carbocycles. The number of nitrogens with zero attached hydrogens (tertiary/aromatic N) is 3. The molecule has 0 radical (unpaired) electrons. The van der Waals surface area contributed by atoms with Crippen molar-refractivity contribution in [3.05, 3.63) is 65.5 Å². The fourth-order valence-electron chi connectivity index (χ4n) is 3.21. The van der Waals surface area contributed by atoms with E-state index in [9.17, 15) is 10.2 Å². The van der Waals surface area contributed by atoms with Gasteiger partial charge in [0.25, 0.3) is 0 Å². The van der Waals surface area contributed by atoms with Crippen molar-refractivity contribution in [2.24, 2.45) is 0 Å². The molecule has 1 aromatic heterocycles. The molecule has 0 bridgehead atoms. The van der Waals surface area contributed by atoms with E-state index in [-0.39, 0.29) is 11.5 Å². The Kier molecular flexibility index (Phi) is 4.18. The van der Waals surface area contributed by atoms with Crippen LogP contribution in [0.15, 0.2) is 48.7 Å². The van der Waals surface area contributed by atoms with Crippen molar-refractivity contribution in [3.8, 4) is 22.9 Å². The van der Waals surface area contributed by atoms with Crippen molar-refractivity contribution >= 4 is 5.69 Å². The van der Waals surface area contributed by atoms with E-state index >= 15 is 0 Å². The van der Waals surface area contributed by atoms with Gasteiger partial charge in [0.1, 0.15) is 11.5 Å². The normalized spacial score (nSPS) is 14.2.